The van der Waals surface area contributed by atoms with Gasteiger partial charge in [-0.2, -0.15) is 0 Å². The second kappa shape index (κ2) is 10.9. The predicted octanol–water partition coefficient (Wildman–Crippen LogP) is 8.38. The molecule has 2 aromatic rings. The van der Waals surface area contributed by atoms with Crippen LogP contribution in [-0.4, -0.2) is 49.8 Å². The number of carbonyl (C=O) groups excluding carboxylic acids is 2. The number of Topliss-reactive ketones (excluding diaryl/α,β-unsaturated/α-hetero) is 1. The van der Waals surface area contributed by atoms with Crippen molar-refractivity contribution in [2.24, 2.45) is 28.6 Å². The number of hydrogen-bond donors (Lipinski definition) is 3. The maximum Gasteiger partial charge on any atom is 0.247 e. The van der Waals surface area contributed by atoms with Crippen LogP contribution in [0.2, 0.25) is 0 Å². The van der Waals surface area contributed by atoms with Gasteiger partial charge >= 0.3 is 0 Å². The second-order valence-electron chi connectivity index (χ2n) is 19.8. The third-order valence-corrected chi connectivity index (χ3v) is 15.7. The maximum absolute atomic E-state index is 14.9. The summed E-state index contributed by atoms with van der Waals surface area (Å²) < 4.78 is 8.91. The van der Waals surface area contributed by atoms with E-state index in [2.05, 4.69) is 83.1 Å². The molecule has 1 aromatic heterocycles. The van der Waals surface area contributed by atoms with Crippen molar-refractivity contribution >= 4 is 28.2 Å². The van der Waals surface area contributed by atoms with E-state index in [0.717, 1.165) is 71.7 Å². The van der Waals surface area contributed by atoms with Gasteiger partial charge in [-0.1, -0.05) is 51.2 Å². The highest BCUT2D eigenvalue weighted by Crippen LogP contribution is 2.71. The van der Waals surface area contributed by atoms with Gasteiger partial charge in [0.15, 0.2) is 5.78 Å². The summed E-state index contributed by atoms with van der Waals surface area (Å²) in [6, 6.07) is 2.10. The standard InChI is InChI=1S/C46H58N2O5/c1-23(2)36-39(51)34-33-27(30-22-42(4,5)53-43(6,7)35(30)38(33)50)21-28-29-20-25-13-16-31-44(8,18-11-12-24(3)41(52)47-26-14-15-26)32(49)17-19-45(31,9)46(25,10)40(29)48(36)37(28)34/h11-12,18,21-22,25-26,31-32,35-36,38,49-50H,1,13-17,19-20H2,2-10H3,(H,47,52)/b18-11+,24-12+. The van der Waals surface area contributed by atoms with E-state index in [1.807, 2.05) is 26.0 Å². The Labute approximate surface area is 314 Å². The highest BCUT2D eigenvalue weighted by molar-refractivity contribution is 6.18. The fourth-order valence-corrected chi connectivity index (χ4v) is 13.1. The molecule has 7 nitrogen and oxygen atoms in total. The molecule has 282 valence electrons. The monoisotopic (exact) mass is 718 g/mol. The molecule has 1 amide bonds. The van der Waals surface area contributed by atoms with Crippen molar-refractivity contribution < 1.29 is 24.5 Å². The lowest BCUT2D eigenvalue weighted by Crippen LogP contribution is -2.62. The largest absolute Gasteiger partial charge is 0.392 e. The van der Waals surface area contributed by atoms with Crippen LogP contribution in [0.1, 0.15) is 146 Å². The molecule has 0 radical (unpaired) electrons. The molecule has 3 fully saturated rings. The first-order valence-electron chi connectivity index (χ1n) is 20.2. The number of carbonyl (C=O) groups is 2. The third kappa shape index (κ3) is 4.50. The number of hydrogen-bond acceptors (Lipinski definition) is 5. The Balaban J connectivity index is 1.21. The zero-order valence-corrected chi connectivity index (χ0v) is 33.2. The van der Waals surface area contributed by atoms with E-state index in [0.29, 0.717) is 29.5 Å². The summed E-state index contributed by atoms with van der Waals surface area (Å²) in [6.07, 6.45) is 13.6. The van der Waals surface area contributed by atoms with Crippen molar-refractivity contribution in [2.75, 3.05) is 0 Å². The van der Waals surface area contributed by atoms with Crippen molar-refractivity contribution in [3.05, 3.63) is 76.0 Å². The molecular weight excluding hydrogens is 661 g/mol. The molecule has 53 heavy (non-hydrogen) atoms. The van der Waals surface area contributed by atoms with Gasteiger partial charge in [-0.15, -0.1) is 0 Å². The van der Waals surface area contributed by atoms with Gasteiger partial charge in [-0.25, -0.2) is 0 Å². The number of aliphatic hydroxyl groups excluding tert-OH is 2. The van der Waals surface area contributed by atoms with Crippen LogP contribution in [-0.2, 0) is 21.4 Å². The number of benzene rings is 1. The van der Waals surface area contributed by atoms with Gasteiger partial charge in [-0.05, 0) is 133 Å². The van der Waals surface area contributed by atoms with Crippen molar-refractivity contribution in [3.63, 3.8) is 0 Å². The SMILES string of the molecule is C=C(C)C1C(=O)c2c3c(cc4c5c(n1c24)C1(C)C(CCC2C(C)(/C=C/C=C(\C)C(=O)NC4CC4)C(O)CCC21C)C5)C1=CC(C)(C)OC(C)(C)C1C3O. The minimum Gasteiger partial charge on any atom is -0.392 e. The van der Waals surface area contributed by atoms with E-state index in [4.69, 9.17) is 4.74 Å². The van der Waals surface area contributed by atoms with Gasteiger partial charge in [0.1, 0.15) is 6.04 Å². The van der Waals surface area contributed by atoms with Gasteiger partial charge in [0.05, 0.1) is 34.5 Å². The van der Waals surface area contributed by atoms with Crippen LogP contribution in [0.5, 0.6) is 0 Å². The molecule has 9 atom stereocenters. The summed E-state index contributed by atoms with van der Waals surface area (Å²) in [5, 5.41) is 28.2. The fraction of sp³-hybridized carbons (Fsp3) is 0.609. The number of nitrogens with one attached hydrogen (secondary N) is 1. The molecule has 3 heterocycles. The topological polar surface area (TPSA) is 101 Å². The Morgan fingerprint density at radius 1 is 1.04 bits per heavy atom. The van der Waals surface area contributed by atoms with E-state index in [1.165, 1.54) is 11.3 Å². The van der Waals surface area contributed by atoms with Crippen LogP contribution in [0.25, 0.3) is 16.5 Å². The number of allylic oxidation sites excluding steroid dienone is 3. The third-order valence-electron chi connectivity index (χ3n) is 15.7. The number of nitrogens with zero attached hydrogens (tertiary/aromatic N) is 1. The fourth-order valence-electron chi connectivity index (χ4n) is 13.1. The first-order valence-corrected chi connectivity index (χ1v) is 20.2. The van der Waals surface area contributed by atoms with Crippen molar-refractivity contribution in [1.29, 1.82) is 0 Å². The lowest BCUT2D eigenvalue weighted by Gasteiger charge is -2.64. The van der Waals surface area contributed by atoms with Crippen LogP contribution in [0, 0.1) is 28.6 Å². The summed E-state index contributed by atoms with van der Waals surface area (Å²) in [7, 11) is 0. The normalized spacial score (nSPS) is 39.0. The van der Waals surface area contributed by atoms with E-state index in [9.17, 15) is 19.8 Å². The van der Waals surface area contributed by atoms with Crippen LogP contribution < -0.4 is 5.32 Å². The number of ether oxygens (including phenoxy) is 1. The van der Waals surface area contributed by atoms with Gasteiger partial charge in [0, 0.05) is 45.0 Å². The number of fused-ring (bicyclic) bond motifs is 11. The number of ketones is 1. The van der Waals surface area contributed by atoms with Crippen LogP contribution >= 0.6 is 0 Å². The molecule has 3 N–H and O–H groups in total. The molecule has 9 unspecified atom stereocenters. The van der Waals surface area contributed by atoms with Crippen molar-refractivity contribution in [3.8, 4) is 0 Å². The van der Waals surface area contributed by atoms with Crippen molar-refractivity contribution in [1.82, 2.24) is 9.88 Å². The Morgan fingerprint density at radius 3 is 2.43 bits per heavy atom. The smallest absolute Gasteiger partial charge is 0.247 e. The zero-order chi connectivity index (χ0) is 37.9. The summed E-state index contributed by atoms with van der Waals surface area (Å²) >= 11 is 0. The Kier molecular flexibility index (Phi) is 7.32. The Hall–Kier alpha value is -3.26. The molecule has 0 saturated heterocycles. The minimum atomic E-state index is -0.850. The molecule has 3 saturated carbocycles. The Bertz CT molecular complexity index is 2130. The molecule has 9 rings (SSSR count). The van der Waals surface area contributed by atoms with Crippen LogP contribution in [0.3, 0.4) is 0 Å². The van der Waals surface area contributed by atoms with E-state index < -0.39 is 34.9 Å². The van der Waals surface area contributed by atoms with Gasteiger partial charge in [0.25, 0.3) is 0 Å². The summed E-state index contributed by atoms with van der Waals surface area (Å²) in [5.41, 5.74) is 6.56. The van der Waals surface area contributed by atoms with Gasteiger partial charge < -0.3 is 24.8 Å². The molecule has 2 aliphatic heterocycles. The average molecular weight is 719 g/mol. The quantitative estimate of drug-likeness (QED) is 0.164. The predicted molar refractivity (Wildman–Crippen MR) is 209 cm³/mol. The Morgan fingerprint density at radius 2 is 1.75 bits per heavy atom. The van der Waals surface area contributed by atoms with Crippen LogP contribution in [0.4, 0.5) is 0 Å². The zero-order valence-electron chi connectivity index (χ0n) is 33.2. The summed E-state index contributed by atoms with van der Waals surface area (Å²) in [5.74, 6) is 0.341. The highest BCUT2D eigenvalue weighted by Gasteiger charge is 2.67. The number of aromatic nitrogens is 1. The van der Waals surface area contributed by atoms with E-state index >= 15 is 0 Å². The lowest BCUT2D eigenvalue weighted by molar-refractivity contribution is -0.144. The first kappa shape index (κ1) is 35.4. The second-order valence-corrected chi connectivity index (χ2v) is 19.8. The number of aliphatic hydroxyl groups is 2. The average Bonchev–Trinajstić information content (AvgIpc) is 3.54. The van der Waals surface area contributed by atoms with Crippen LogP contribution in [0.15, 0.2) is 48.1 Å². The molecule has 1 aromatic carbocycles. The first-order chi connectivity index (χ1) is 24.8. The molecule has 7 aliphatic rings. The summed E-state index contributed by atoms with van der Waals surface area (Å²) in [4.78, 5) is 27.6. The maximum atomic E-state index is 14.9. The molecule has 5 aliphatic carbocycles. The molecular formula is C46H58N2O5. The molecule has 0 spiro atoms. The van der Waals surface area contributed by atoms with Crippen molar-refractivity contribution in [2.45, 2.75) is 148 Å². The lowest BCUT2D eigenvalue weighted by atomic mass is 9.40. The highest BCUT2D eigenvalue weighted by atomic mass is 16.5. The van der Waals surface area contributed by atoms with E-state index in [-0.39, 0.29) is 34.4 Å². The molecule has 0 bridgehead atoms. The minimum absolute atomic E-state index is 0.0169. The molecule has 7 heteroatoms. The van der Waals surface area contributed by atoms with Gasteiger partial charge in [-0.3, -0.25) is 9.59 Å². The number of amides is 1. The van der Waals surface area contributed by atoms with E-state index in [1.54, 1.807) is 0 Å². The number of rotatable bonds is 5. The van der Waals surface area contributed by atoms with Gasteiger partial charge in [0.2, 0.25) is 5.91 Å². The summed E-state index contributed by atoms with van der Waals surface area (Å²) in [6.45, 7) is 23.7.